The first-order chi connectivity index (χ1) is 13.8. The van der Waals surface area contributed by atoms with Gasteiger partial charge in [-0.3, -0.25) is 14.2 Å². The number of hydrogen-bond acceptors (Lipinski definition) is 5. The fourth-order valence-corrected chi connectivity index (χ4v) is 5.31. The molecule has 29 heavy (non-hydrogen) atoms. The van der Waals surface area contributed by atoms with Crippen LogP contribution in [-0.2, 0) is 16.8 Å². The molecule has 5 rings (SSSR count). The van der Waals surface area contributed by atoms with Gasteiger partial charge in [-0.25, -0.2) is 9.67 Å². The number of hydrogen-bond donors (Lipinski definition) is 0. The van der Waals surface area contributed by atoms with Crippen LogP contribution in [0.2, 0.25) is 0 Å². The number of aromatic nitrogens is 4. The molecule has 7 nitrogen and oxygen atoms in total. The van der Waals surface area contributed by atoms with Gasteiger partial charge in [-0.1, -0.05) is 30.0 Å². The van der Waals surface area contributed by atoms with E-state index >= 15 is 0 Å². The molecule has 2 aromatic heterocycles. The summed E-state index contributed by atoms with van der Waals surface area (Å²) in [4.78, 5) is 32.8. The monoisotopic (exact) mass is 409 g/mol. The summed E-state index contributed by atoms with van der Waals surface area (Å²) in [6, 6.07) is 7.85. The lowest BCUT2D eigenvalue weighted by Crippen LogP contribution is -2.33. The molecule has 0 aliphatic carbocycles. The van der Waals surface area contributed by atoms with E-state index in [1.807, 2.05) is 43.9 Å². The molecule has 0 fully saturated rings. The molecule has 1 aromatic carbocycles. The summed E-state index contributed by atoms with van der Waals surface area (Å²) in [6.07, 6.45) is 2.78. The highest BCUT2D eigenvalue weighted by atomic mass is 32.2. The molecular weight excluding hydrogens is 386 g/mol. The molecule has 1 amide bonds. The van der Waals surface area contributed by atoms with Crippen LogP contribution in [0.1, 0.15) is 38.8 Å². The van der Waals surface area contributed by atoms with E-state index in [4.69, 9.17) is 4.98 Å². The lowest BCUT2D eigenvalue weighted by molar-refractivity contribution is -0.119. The van der Waals surface area contributed by atoms with E-state index in [1.54, 1.807) is 15.4 Å². The Labute approximate surface area is 172 Å². The number of carbonyl (C=O) groups excluding carboxylic acids is 1. The predicted octanol–water partition coefficient (Wildman–Crippen LogP) is 2.97. The van der Waals surface area contributed by atoms with Gasteiger partial charge in [-0.05, 0) is 38.8 Å². The van der Waals surface area contributed by atoms with Gasteiger partial charge in [-0.15, -0.1) is 0 Å². The van der Waals surface area contributed by atoms with Gasteiger partial charge in [0, 0.05) is 24.4 Å². The summed E-state index contributed by atoms with van der Waals surface area (Å²) in [5, 5.41) is 5.58. The Morgan fingerprint density at radius 1 is 1.28 bits per heavy atom. The van der Waals surface area contributed by atoms with E-state index in [-0.39, 0.29) is 23.0 Å². The van der Waals surface area contributed by atoms with Crippen molar-refractivity contribution in [3.05, 3.63) is 46.4 Å². The van der Waals surface area contributed by atoms with Gasteiger partial charge in [-0.2, -0.15) is 5.10 Å². The number of amides is 1. The van der Waals surface area contributed by atoms with E-state index in [2.05, 4.69) is 11.2 Å². The van der Waals surface area contributed by atoms with Crippen LogP contribution in [-0.4, -0.2) is 37.5 Å². The fraction of sp³-hybridized carbons (Fsp3) is 0.429. The minimum absolute atomic E-state index is 0.0609. The van der Waals surface area contributed by atoms with Crippen molar-refractivity contribution in [3.8, 4) is 0 Å². The standard InChI is InChI=1S/C21H23N5O2S/c1-21(2,3)26-18-15(11-22-26)19(28)25-14(12-29-20(25)23-18)10-17(27)24-9-8-13-6-4-5-7-16(13)24/h4-7,11,14H,8-10,12H2,1-3H3. The molecule has 150 valence electrons. The van der Waals surface area contributed by atoms with Crippen LogP contribution in [0.25, 0.3) is 11.0 Å². The molecule has 1 unspecified atom stereocenters. The lowest BCUT2D eigenvalue weighted by Gasteiger charge is -2.21. The quantitative estimate of drug-likeness (QED) is 0.609. The Bertz CT molecular complexity index is 1190. The summed E-state index contributed by atoms with van der Waals surface area (Å²) in [7, 11) is 0. The Morgan fingerprint density at radius 3 is 2.86 bits per heavy atom. The van der Waals surface area contributed by atoms with Crippen molar-refractivity contribution >= 4 is 34.4 Å². The normalized spacial score (nSPS) is 18.3. The zero-order chi connectivity index (χ0) is 20.3. The van der Waals surface area contributed by atoms with Crippen LogP contribution < -0.4 is 10.5 Å². The van der Waals surface area contributed by atoms with Gasteiger partial charge in [0.1, 0.15) is 5.39 Å². The summed E-state index contributed by atoms with van der Waals surface area (Å²) in [5.41, 5.74) is 2.45. The Hall–Kier alpha value is -2.61. The summed E-state index contributed by atoms with van der Waals surface area (Å²) in [5.74, 6) is 0.740. The highest BCUT2D eigenvalue weighted by Gasteiger charge is 2.33. The molecule has 2 aliphatic heterocycles. The summed E-state index contributed by atoms with van der Waals surface area (Å²) < 4.78 is 3.49. The maximum Gasteiger partial charge on any atom is 0.265 e. The molecule has 0 saturated heterocycles. The van der Waals surface area contributed by atoms with Crippen LogP contribution in [0.4, 0.5) is 5.69 Å². The first kappa shape index (κ1) is 18.4. The van der Waals surface area contributed by atoms with Gasteiger partial charge in [0.2, 0.25) is 5.91 Å². The number of carbonyl (C=O) groups is 1. The van der Waals surface area contributed by atoms with E-state index in [0.717, 1.165) is 12.1 Å². The number of thioether (sulfide) groups is 1. The molecule has 0 spiro atoms. The average Bonchev–Trinajstić information content (AvgIpc) is 3.38. The molecule has 3 aromatic rings. The molecule has 0 bridgehead atoms. The lowest BCUT2D eigenvalue weighted by atomic mass is 10.1. The molecule has 0 saturated carbocycles. The first-order valence-corrected chi connectivity index (χ1v) is 10.8. The van der Waals surface area contributed by atoms with Crippen LogP contribution in [0.3, 0.4) is 0 Å². The van der Waals surface area contributed by atoms with E-state index in [0.29, 0.717) is 34.9 Å². The second-order valence-corrected chi connectivity index (χ2v) is 9.61. The van der Waals surface area contributed by atoms with E-state index in [9.17, 15) is 9.59 Å². The van der Waals surface area contributed by atoms with Gasteiger partial charge in [0.05, 0.1) is 17.8 Å². The Morgan fingerprint density at radius 2 is 2.07 bits per heavy atom. The van der Waals surface area contributed by atoms with Crippen molar-refractivity contribution in [2.24, 2.45) is 0 Å². The number of benzene rings is 1. The molecule has 0 N–H and O–H groups in total. The van der Waals surface area contributed by atoms with Gasteiger partial charge in [0.25, 0.3) is 5.56 Å². The Balaban J connectivity index is 1.47. The van der Waals surface area contributed by atoms with Crippen molar-refractivity contribution in [1.29, 1.82) is 0 Å². The third kappa shape index (κ3) is 2.88. The van der Waals surface area contributed by atoms with E-state index in [1.165, 1.54) is 17.3 Å². The predicted molar refractivity (Wildman–Crippen MR) is 114 cm³/mol. The van der Waals surface area contributed by atoms with Crippen molar-refractivity contribution < 1.29 is 4.79 Å². The summed E-state index contributed by atoms with van der Waals surface area (Å²) in [6.45, 7) is 6.81. The molecule has 0 radical (unpaired) electrons. The third-order valence-corrected chi connectivity index (χ3v) is 6.70. The Kier molecular flexibility index (Phi) is 4.10. The number of nitrogens with zero attached hydrogens (tertiary/aromatic N) is 5. The second kappa shape index (κ2) is 6.45. The smallest absolute Gasteiger partial charge is 0.265 e. The second-order valence-electron chi connectivity index (χ2n) is 8.63. The van der Waals surface area contributed by atoms with Crippen molar-refractivity contribution in [1.82, 2.24) is 19.3 Å². The number of rotatable bonds is 2. The zero-order valence-corrected chi connectivity index (χ0v) is 17.6. The molecular formula is C21H23N5O2S. The van der Waals surface area contributed by atoms with Crippen molar-refractivity contribution in [3.63, 3.8) is 0 Å². The van der Waals surface area contributed by atoms with Gasteiger partial charge >= 0.3 is 0 Å². The average molecular weight is 410 g/mol. The number of anilines is 1. The van der Waals surface area contributed by atoms with Crippen molar-refractivity contribution in [2.45, 2.75) is 50.4 Å². The fourth-order valence-electron chi connectivity index (χ4n) is 4.18. The van der Waals surface area contributed by atoms with Gasteiger partial charge in [0.15, 0.2) is 10.8 Å². The SMILES string of the molecule is CC(C)(C)n1ncc2c(=O)n3c(nc21)SCC3CC(=O)N1CCc2ccccc21. The zero-order valence-electron chi connectivity index (χ0n) is 16.8. The molecule has 1 atom stereocenters. The van der Waals surface area contributed by atoms with Crippen LogP contribution in [0, 0.1) is 0 Å². The number of fused-ring (bicyclic) bond motifs is 3. The maximum absolute atomic E-state index is 13.2. The van der Waals surface area contributed by atoms with E-state index < -0.39 is 0 Å². The first-order valence-electron chi connectivity index (χ1n) is 9.86. The van der Waals surface area contributed by atoms with Crippen LogP contribution >= 0.6 is 11.8 Å². The minimum atomic E-state index is -0.262. The van der Waals surface area contributed by atoms with Crippen LogP contribution in [0.5, 0.6) is 0 Å². The van der Waals surface area contributed by atoms with Crippen molar-refractivity contribution in [2.75, 3.05) is 17.2 Å². The minimum Gasteiger partial charge on any atom is -0.312 e. The van der Waals surface area contributed by atoms with Gasteiger partial charge < -0.3 is 4.90 Å². The molecule has 2 aliphatic rings. The highest BCUT2D eigenvalue weighted by molar-refractivity contribution is 7.99. The summed E-state index contributed by atoms with van der Waals surface area (Å²) >= 11 is 1.54. The molecule has 8 heteroatoms. The topological polar surface area (TPSA) is 73.0 Å². The molecule has 4 heterocycles. The highest BCUT2D eigenvalue weighted by Crippen LogP contribution is 2.35. The maximum atomic E-state index is 13.2. The number of para-hydroxylation sites is 1. The third-order valence-electron chi connectivity index (χ3n) is 5.60. The van der Waals surface area contributed by atoms with Crippen LogP contribution in [0.15, 0.2) is 40.4 Å². The largest absolute Gasteiger partial charge is 0.312 e.